The molecular weight excluding hydrogens is 390 g/mol. The van der Waals surface area contributed by atoms with Crippen molar-refractivity contribution in [1.82, 2.24) is 5.32 Å². The number of hydrogen-bond donors (Lipinski definition) is 3. The molecule has 176 valence electrons. The normalized spacial score (nSPS) is 45.2. The van der Waals surface area contributed by atoms with Gasteiger partial charge >= 0.3 is 5.97 Å². The van der Waals surface area contributed by atoms with Crippen LogP contribution in [0.3, 0.4) is 0 Å². The molecule has 5 heteroatoms. The van der Waals surface area contributed by atoms with E-state index >= 15 is 0 Å². The summed E-state index contributed by atoms with van der Waals surface area (Å²) in [6, 6.07) is 0. The molecule has 3 N–H and O–H groups in total. The molecule has 0 aromatic rings. The number of carboxylic acid groups (broad SMARTS) is 1. The molecule has 4 saturated carbocycles. The first kappa shape index (κ1) is 23.1. The van der Waals surface area contributed by atoms with Gasteiger partial charge in [0.1, 0.15) is 6.54 Å². The summed E-state index contributed by atoms with van der Waals surface area (Å²) >= 11 is 0. The Morgan fingerprint density at radius 1 is 1.06 bits per heavy atom. The van der Waals surface area contributed by atoms with E-state index in [9.17, 15) is 14.7 Å². The van der Waals surface area contributed by atoms with Crippen molar-refractivity contribution in [3.63, 3.8) is 0 Å². The standard InChI is InChI=1S/C26H43NO4/c1-16(7-12-23(29)27-15-24(30)31)19-10-11-20-18-9-8-17-6-4-5-13-25(17,2)21(18)14-22(28)26(19,20)3/h16-22,28H,4-15H2,1-3H3,(H,27,29)(H,30,31)/t16-,17+,18?,19-,20+,21+,22+,25+,26-/m1/s1. The summed E-state index contributed by atoms with van der Waals surface area (Å²) in [4.78, 5) is 22.7. The van der Waals surface area contributed by atoms with Crippen molar-refractivity contribution in [2.75, 3.05) is 6.54 Å². The molecule has 0 bridgehead atoms. The quantitative estimate of drug-likeness (QED) is 0.570. The zero-order valence-electron chi connectivity index (χ0n) is 19.7. The summed E-state index contributed by atoms with van der Waals surface area (Å²) in [5.74, 6) is 2.51. The van der Waals surface area contributed by atoms with Gasteiger partial charge in [0.15, 0.2) is 0 Å². The first-order chi connectivity index (χ1) is 14.7. The highest BCUT2D eigenvalue weighted by atomic mass is 16.4. The second kappa shape index (κ2) is 8.68. The van der Waals surface area contributed by atoms with Crippen molar-refractivity contribution in [3.05, 3.63) is 0 Å². The largest absolute Gasteiger partial charge is 0.480 e. The Hall–Kier alpha value is -1.10. The molecule has 5 nitrogen and oxygen atoms in total. The van der Waals surface area contributed by atoms with Gasteiger partial charge in [-0.15, -0.1) is 0 Å². The number of carbonyl (C=O) groups excluding carboxylic acids is 1. The number of nitrogens with one attached hydrogen (secondary N) is 1. The number of rotatable bonds is 6. The third-order valence-electron chi connectivity index (χ3n) is 10.7. The number of carbonyl (C=O) groups is 2. The average Bonchev–Trinajstić information content (AvgIpc) is 3.09. The molecule has 1 amide bonds. The Bertz CT molecular complexity index is 695. The molecule has 0 aliphatic heterocycles. The van der Waals surface area contributed by atoms with Crippen molar-refractivity contribution in [1.29, 1.82) is 0 Å². The van der Waals surface area contributed by atoms with Gasteiger partial charge in [0.2, 0.25) is 5.91 Å². The zero-order chi connectivity index (χ0) is 22.4. The van der Waals surface area contributed by atoms with Crippen LogP contribution in [0, 0.1) is 46.3 Å². The maximum atomic E-state index is 12.0. The van der Waals surface area contributed by atoms with Crippen LogP contribution >= 0.6 is 0 Å². The van der Waals surface area contributed by atoms with Crippen molar-refractivity contribution in [2.45, 2.75) is 97.5 Å². The fourth-order valence-corrected chi connectivity index (χ4v) is 9.04. The van der Waals surface area contributed by atoms with Gasteiger partial charge in [-0.25, -0.2) is 0 Å². The monoisotopic (exact) mass is 433 g/mol. The lowest BCUT2D eigenvalue weighted by Gasteiger charge is -2.62. The number of carboxylic acids is 1. The van der Waals surface area contributed by atoms with Gasteiger partial charge in [-0.3, -0.25) is 9.59 Å². The fraction of sp³-hybridized carbons (Fsp3) is 0.923. The van der Waals surface area contributed by atoms with Crippen LogP contribution in [0.2, 0.25) is 0 Å². The van der Waals surface area contributed by atoms with Crippen molar-refractivity contribution >= 4 is 11.9 Å². The van der Waals surface area contributed by atoms with Gasteiger partial charge in [-0.2, -0.15) is 0 Å². The summed E-state index contributed by atoms with van der Waals surface area (Å²) < 4.78 is 0. The van der Waals surface area contributed by atoms with E-state index in [1.54, 1.807) is 0 Å². The minimum atomic E-state index is -1.01. The molecule has 0 aromatic heterocycles. The topological polar surface area (TPSA) is 86.6 Å². The predicted octanol–water partition coefficient (Wildman–Crippen LogP) is 4.62. The highest BCUT2D eigenvalue weighted by molar-refractivity contribution is 5.81. The van der Waals surface area contributed by atoms with Crippen LogP contribution in [-0.4, -0.2) is 34.7 Å². The first-order valence-corrected chi connectivity index (χ1v) is 12.8. The molecule has 9 atom stereocenters. The maximum absolute atomic E-state index is 12.0. The van der Waals surface area contributed by atoms with Crippen LogP contribution in [0.1, 0.15) is 91.4 Å². The SMILES string of the molecule is C[C@H](CCC(=O)NCC(=O)O)[C@H]1CC[C@H]2C3CC[C@@H]4CCCC[C@]4(C)[C@H]3C[C@H](O)[C@]12C. The second-order valence-corrected chi connectivity index (χ2v) is 11.9. The van der Waals surface area contributed by atoms with Crippen LogP contribution in [0.5, 0.6) is 0 Å². The predicted molar refractivity (Wildman–Crippen MR) is 120 cm³/mol. The highest BCUT2D eigenvalue weighted by Crippen LogP contribution is 2.68. The van der Waals surface area contributed by atoms with Crippen molar-refractivity contribution in [2.24, 2.45) is 46.3 Å². The third-order valence-corrected chi connectivity index (χ3v) is 10.7. The summed E-state index contributed by atoms with van der Waals surface area (Å²) in [5, 5.41) is 22.8. The Labute approximate surface area is 187 Å². The van der Waals surface area contributed by atoms with E-state index in [0.717, 1.165) is 31.1 Å². The van der Waals surface area contributed by atoms with Crippen LogP contribution in [0.4, 0.5) is 0 Å². The molecule has 4 fully saturated rings. The Balaban J connectivity index is 1.45. The number of fused-ring (bicyclic) bond motifs is 5. The first-order valence-electron chi connectivity index (χ1n) is 12.8. The van der Waals surface area contributed by atoms with E-state index in [0.29, 0.717) is 35.5 Å². The van der Waals surface area contributed by atoms with Crippen molar-refractivity contribution in [3.8, 4) is 0 Å². The summed E-state index contributed by atoms with van der Waals surface area (Å²) in [7, 11) is 0. The number of aliphatic carboxylic acids is 1. The molecule has 4 aliphatic rings. The number of hydrogen-bond acceptors (Lipinski definition) is 3. The van der Waals surface area contributed by atoms with Crippen molar-refractivity contribution < 1.29 is 19.8 Å². The van der Waals surface area contributed by atoms with E-state index in [-0.39, 0.29) is 24.0 Å². The van der Waals surface area contributed by atoms with Gasteiger partial charge < -0.3 is 15.5 Å². The van der Waals surface area contributed by atoms with Gasteiger partial charge in [0.25, 0.3) is 0 Å². The Kier molecular flexibility index (Phi) is 6.46. The highest BCUT2D eigenvalue weighted by Gasteiger charge is 2.63. The fourth-order valence-electron chi connectivity index (χ4n) is 9.04. The molecule has 0 spiro atoms. The lowest BCUT2D eigenvalue weighted by Crippen LogP contribution is -2.58. The average molecular weight is 434 g/mol. The smallest absolute Gasteiger partial charge is 0.322 e. The molecule has 4 aliphatic carbocycles. The van der Waals surface area contributed by atoms with Gasteiger partial charge in [-0.1, -0.05) is 33.6 Å². The molecule has 4 rings (SSSR count). The van der Waals surface area contributed by atoms with Crippen LogP contribution in [0.15, 0.2) is 0 Å². The van der Waals surface area contributed by atoms with Crippen LogP contribution in [0.25, 0.3) is 0 Å². The van der Waals surface area contributed by atoms with E-state index in [2.05, 4.69) is 26.1 Å². The molecule has 0 heterocycles. The van der Waals surface area contributed by atoms with Gasteiger partial charge in [0, 0.05) is 6.42 Å². The van der Waals surface area contributed by atoms with E-state index in [1.807, 2.05) is 0 Å². The summed E-state index contributed by atoms with van der Waals surface area (Å²) in [6.45, 7) is 6.83. The number of amides is 1. The summed E-state index contributed by atoms with van der Waals surface area (Å²) in [6.07, 6.45) is 12.4. The lowest BCUT2D eigenvalue weighted by atomic mass is 9.44. The summed E-state index contributed by atoms with van der Waals surface area (Å²) in [5.41, 5.74) is 0.380. The number of aliphatic hydroxyl groups is 1. The minimum Gasteiger partial charge on any atom is -0.480 e. The second-order valence-electron chi connectivity index (χ2n) is 11.9. The Morgan fingerprint density at radius 2 is 1.84 bits per heavy atom. The number of aliphatic hydroxyl groups excluding tert-OH is 1. The van der Waals surface area contributed by atoms with Gasteiger partial charge in [-0.05, 0) is 97.7 Å². The lowest BCUT2D eigenvalue weighted by molar-refractivity contribution is -0.168. The molecule has 0 aromatic carbocycles. The van der Waals surface area contributed by atoms with Crippen LogP contribution < -0.4 is 5.32 Å². The van der Waals surface area contributed by atoms with Crippen LogP contribution in [-0.2, 0) is 9.59 Å². The zero-order valence-corrected chi connectivity index (χ0v) is 19.7. The molecule has 0 radical (unpaired) electrons. The van der Waals surface area contributed by atoms with Gasteiger partial charge in [0.05, 0.1) is 6.10 Å². The maximum Gasteiger partial charge on any atom is 0.322 e. The van der Waals surface area contributed by atoms with E-state index in [4.69, 9.17) is 5.11 Å². The molecular formula is C26H43NO4. The minimum absolute atomic E-state index is 0.0456. The molecule has 1 unspecified atom stereocenters. The third kappa shape index (κ3) is 3.94. The van der Waals surface area contributed by atoms with E-state index < -0.39 is 5.97 Å². The van der Waals surface area contributed by atoms with E-state index in [1.165, 1.54) is 44.9 Å². The Morgan fingerprint density at radius 3 is 2.58 bits per heavy atom. The molecule has 0 saturated heterocycles. The molecule has 31 heavy (non-hydrogen) atoms.